The molecular weight excluding hydrogens is 417 g/mol. The molecule has 1 heterocycles. The monoisotopic (exact) mass is 447 g/mol. The Hall–Kier alpha value is -3.22. The van der Waals surface area contributed by atoms with Crippen molar-refractivity contribution in [3.8, 4) is 16.9 Å². The van der Waals surface area contributed by atoms with Gasteiger partial charge in [0.25, 0.3) is 0 Å². The molecule has 2 N–H and O–H groups in total. The number of piperazine rings is 1. The topological polar surface area (TPSA) is 53.6 Å². The highest BCUT2D eigenvalue weighted by Gasteiger charge is 2.11. The number of nitrogens with zero attached hydrogens (tertiary/aromatic N) is 1. The summed E-state index contributed by atoms with van der Waals surface area (Å²) in [5, 5.41) is 6.25. The van der Waals surface area contributed by atoms with Crippen LogP contribution in [-0.2, 0) is 17.8 Å². The summed E-state index contributed by atoms with van der Waals surface area (Å²) in [5.74, 6) is 0.182. The molecule has 1 aliphatic rings. The third kappa shape index (κ3) is 6.88. The molecule has 33 heavy (non-hydrogen) atoms. The summed E-state index contributed by atoms with van der Waals surface area (Å²) in [6.07, 6.45) is 0.287. The maximum absolute atomic E-state index is 14.7. The van der Waals surface area contributed by atoms with Gasteiger partial charge in [0, 0.05) is 50.9 Å². The van der Waals surface area contributed by atoms with E-state index < -0.39 is 0 Å². The molecule has 1 amide bonds. The molecular formula is C27H30FN3O2. The van der Waals surface area contributed by atoms with E-state index >= 15 is 0 Å². The number of nitrogens with one attached hydrogen (secondary N) is 2. The number of carbonyl (C=O) groups is 1. The van der Waals surface area contributed by atoms with Crippen LogP contribution in [0.25, 0.3) is 11.1 Å². The Morgan fingerprint density at radius 2 is 1.73 bits per heavy atom. The van der Waals surface area contributed by atoms with Gasteiger partial charge in [-0.05, 0) is 28.8 Å². The van der Waals surface area contributed by atoms with E-state index in [2.05, 4.69) is 15.5 Å². The molecule has 3 aromatic rings. The second-order valence-corrected chi connectivity index (χ2v) is 8.22. The summed E-state index contributed by atoms with van der Waals surface area (Å²) in [6, 6.07) is 22.2. The van der Waals surface area contributed by atoms with Crippen LogP contribution in [0.5, 0.6) is 5.75 Å². The standard InChI is InChI=1S/C27H30FN3O2/c28-26-19-24(33-17-16-31-14-12-29-13-15-31)10-11-25(26)23-8-6-21(7-9-23)18-27(32)30-20-22-4-2-1-3-5-22/h1-11,19,29H,12-18,20H2,(H,30,32). The van der Waals surface area contributed by atoms with Crippen LogP contribution in [0.1, 0.15) is 11.1 Å². The number of halogens is 1. The Balaban J connectivity index is 1.28. The smallest absolute Gasteiger partial charge is 0.224 e. The molecule has 0 bridgehead atoms. The van der Waals surface area contributed by atoms with Crippen LogP contribution in [0.3, 0.4) is 0 Å². The van der Waals surface area contributed by atoms with Gasteiger partial charge in [0.1, 0.15) is 18.2 Å². The van der Waals surface area contributed by atoms with Crippen LogP contribution in [0, 0.1) is 5.82 Å². The van der Waals surface area contributed by atoms with Crippen LogP contribution < -0.4 is 15.4 Å². The lowest BCUT2D eigenvalue weighted by atomic mass is 10.0. The predicted molar refractivity (Wildman–Crippen MR) is 129 cm³/mol. The number of hydrogen-bond donors (Lipinski definition) is 2. The van der Waals surface area contributed by atoms with E-state index in [4.69, 9.17) is 4.74 Å². The normalized spacial score (nSPS) is 14.1. The third-order valence-electron chi connectivity index (χ3n) is 5.79. The Bertz CT molecular complexity index is 1030. The van der Waals surface area contributed by atoms with Crippen molar-refractivity contribution in [1.82, 2.24) is 15.5 Å². The maximum Gasteiger partial charge on any atom is 0.224 e. The Labute approximate surface area is 194 Å². The van der Waals surface area contributed by atoms with E-state index in [-0.39, 0.29) is 18.1 Å². The molecule has 1 fully saturated rings. The summed E-state index contributed by atoms with van der Waals surface area (Å²) in [5.41, 5.74) is 3.24. The van der Waals surface area contributed by atoms with Crippen molar-refractivity contribution in [3.05, 3.63) is 89.7 Å². The van der Waals surface area contributed by atoms with Crippen molar-refractivity contribution >= 4 is 5.91 Å². The minimum atomic E-state index is -0.317. The molecule has 0 aromatic heterocycles. The summed E-state index contributed by atoms with van der Waals surface area (Å²) in [4.78, 5) is 14.6. The van der Waals surface area contributed by atoms with Crippen molar-refractivity contribution < 1.29 is 13.9 Å². The molecule has 6 heteroatoms. The number of rotatable bonds is 9. The minimum Gasteiger partial charge on any atom is -0.492 e. The molecule has 0 aliphatic carbocycles. The zero-order valence-electron chi connectivity index (χ0n) is 18.7. The van der Waals surface area contributed by atoms with Crippen molar-refractivity contribution in [2.45, 2.75) is 13.0 Å². The van der Waals surface area contributed by atoms with Gasteiger partial charge in [0.2, 0.25) is 5.91 Å². The fourth-order valence-electron chi connectivity index (χ4n) is 3.89. The van der Waals surface area contributed by atoms with Crippen LogP contribution in [0.2, 0.25) is 0 Å². The molecule has 4 rings (SSSR count). The molecule has 1 aliphatic heterocycles. The van der Waals surface area contributed by atoms with E-state index in [1.165, 1.54) is 6.07 Å². The summed E-state index contributed by atoms with van der Waals surface area (Å²) in [7, 11) is 0. The number of hydrogen-bond acceptors (Lipinski definition) is 4. The largest absolute Gasteiger partial charge is 0.492 e. The predicted octanol–water partition coefficient (Wildman–Crippen LogP) is 3.64. The average Bonchev–Trinajstić information content (AvgIpc) is 2.85. The molecule has 172 valence electrons. The Morgan fingerprint density at radius 1 is 0.970 bits per heavy atom. The first-order valence-electron chi connectivity index (χ1n) is 11.4. The van der Waals surface area contributed by atoms with E-state index in [0.29, 0.717) is 24.5 Å². The zero-order valence-corrected chi connectivity index (χ0v) is 18.7. The van der Waals surface area contributed by atoms with Gasteiger partial charge in [-0.3, -0.25) is 9.69 Å². The molecule has 3 aromatic carbocycles. The first-order valence-corrected chi connectivity index (χ1v) is 11.4. The van der Waals surface area contributed by atoms with Gasteiger partial charge >= 0.3 is 0 Å². The first kappa shape index (κ1) is 23.0. The SMILES string of the molecule is O=C(Cc1ccc(-c2ccc(OCCN3CCNCC3)cc2F)cc1)NCc1ccccc1. The third-order valence-corrected chi connectivity index (χ3v) is 5.79. The number of benzene rings is 3. The van der Waals surface area contributed by atoms with Gasteiger partial charge in [-0.25, -0.2) is 4.39 Å². The fraction of sp³-hybridized carbons (Fsp3) is 0.296. The van der Waals surface area contributed by atoms with Crippen molar-refractivity contribution in [2.24, 2.45) is 0 Å². The highest BCUT2D eigenvalue weighted by molar-refractivity contribution is 5.79. The number of carbonyl (C=O) groups excluding carboxylic acids is 1. The van der Waals surface area contributed by atoms with E-state index in [9.17, 15) is 9.18 Å². The van der Waals surface area contributed by atoms with Gasteiger partial charge in [-0.15, -0.1) is 0 Å². The van der Waals surface area contributed by atoms with Gasteiger partial charge in [-0.2, -0.15) is 0 Å². The highest BCUT2D eigenvalue weighted by atomic mass is 19.1. The van der Waals surface area contributed by atoms with Gasteiger partial charge < -0.3 is 15.4 Å². The van der Waals surface area contributed by atoms with Crippen LogP contribution in [0.4, 0.5) is 4.39 Å². The lowest BCUT2D eigenvalue weighted by Crippen LogP contribution is -2.44. The molecule has 0 atom stereocenters. The van der Waals surface area contributed by atoms with Gasteiger partial charge in [-0.1, -0.05) is 54.6 Å². The second kappa shape index (κ2) is 11.6. The van der Waals surface area contributed by atoms with Crippen LogP contribution >= 0.6 is 0 Å². The highest BCUT2D eigenvalue weighted by Crippen LogP contribution is 2.26. The second-order valence-electron chi connectivity index (χ2n) is 8.22. The summed E-state index contributed by atoms with van der Waals surface area (Å²) in [6.45, 7) is 5.92. The van der Waals surface area contributed by atoms with Crippen LogP contribution in [-0.4, -0.2) is 50.1 Å². The summed E-state index contributed by atoms with van der Waals surface area (Å²) < 4.78 is 20.5. The van der Waals surface area contributed by atoms with Crippen molar-refractivity contribution in [2.75, 3.05) is 39.3 Å². The fourth-order valence-corrected chi connectivity index (χ4v) is 3.89. The van der Waals surface area contributed by atoms with Gasteiger partial charge in [0.05, 0.1) is 6.42 Å². The first-order chi connectivity index (χ1) is 16.2. The van der Waals surface area contributed by atoms with E-state index in [0.717, 1.165) is 49.4 Å². The van der Waals surface area contributed by atoms with Crippen LogP contribution in [0.15, 0.2) is 72.8 Å². The number of amides is 1. The molecule has 0 radical (unpaired) electrons. The zero-order chi connectivity index (χ0) is 22.9. The molecule has 0 spiro atoms. The summed E-state index contributed by atoms with van der Waals surface area (Å²) >= 11 is 0. The molecule has 5 nitrogen and oxygen atoms in total. The molecule has 0 unspecified atom stereocenters. The van der Waals surface area contributed by atoms with E-state index in [1.54, 1.807) is 12.1 Å². The van der Waals surface area contributed by atoms with Crippen molar-refractivity contribution in [3.63, 3.8) is 0 Å². The lowest BCUT2D eigenvalue weighted by Gasteiger charge is -2.26. The van der Waals surface area contributed by atoms with E-state index in [1.807, 2.05) is 54.6 Å². The minimum absolute atomic E-state index is 0.0416. The molecule has 0 saturated carbocycles. The Morgan fingerprint density at radius 3 is 2.45 bits per heavy atom. The lowest BCUT2D eigenvalue weighted by molar-refractivity contribution is -0.120. The number of ether oxygens (including phenoxy) is 1. The van der Waals surface area contributed by atoms with Crippen molar-refractivity contribution in [1.29, 1.82) is 0 Å². The quantitative estimate of drug-likeness (QED) is 0.526. The molecule has 1 saturated heterocycles. The Kier molecular flexibility index (Phi) is 8.06. The van der Waals surface area contributed by atoms with Gasteiger partial charge in [0.15, 0.2) is 0 Å². The maximum atomic E-state index is 14.7. The average molecular weight is 448 g/mol.